The lowest BCUT2D eigenvalue weighted by atomic mass is 10.0. The van der Waals surface area contributed by atoms with E-state index in [1.165, 1.54) is 32.2 Å². The summed E-state index contributed by atoms with van der Waals surface area (Å²) in [7, 11) is -2.61. The summed E-state index contributed by atoms with van der Waals surface area (Å²) in [4.78, 5) is 9.31. The van der Waals surface area contributed by atoms with E-state index in [1.54, 1.807) is 0 Å². The smallest absolute Gasteiger partial charge is 0.308 e. The molecule has 0 amide bonds. The summed E-state index contributed by atoms with van der Waals surface area (Å²) in [6.07, 6.45) is 9.81. The van der Waals surface area contributed by atoms with E-state index >= 15 is 0 Å². The van der Waals surface area contributed by atoms with Gasteiger partial charge in [0.15, 0.2) is 8.32 Å². The molecule has 35 heavy (non-hydrogen) atoms. The third kappa shape index (κ3) is 5.14. The summed E-state index contributed by atoms with van der Waals surface area (Å²) in [5.74, 6) is 0. The monoisotopic (exact) mass is 517 g/mol. The van der Waals surface area contributed by atoms with Gasteiger partial charge in [-0.1, -0.05) is 26.8 Å². The molecule has 0 spiro atoms. The van der Waals surface area contributed by atoms with Crippen LogP contribution >= 0.6 is 0 Å². The maximum atomic E-state index is 12.6. The molecule has 0 unspecified atom stereocenters. The maximum absolute atomic E-state index is 12.6. The Morgan fingerprint density at radius 3 is 2.57 bits per heavy atom. The van der Waals surface area contributed by atoms with Crippen LogP contribution in [0.2, 0.25) is 18.1 Å². The Bertz CT molecular complexity index is 1370. The third-order valence-corrected chi connectivity index (χ3v) is 13.0. The van der Waals surface area contributed by atoms with Crippen molar-refractivity contribution in [2.75, 3.05) is 27.3 Å². The van der Waals surface area contributed by atoms with Crippen LogP contribution in [-0.2, 0) is 26.0 Å². The molecule has 1 aliphatic rings. The Kier molecular flexibility index (Phi) is 6.84. The van der Waals surface area contributed by atoms with Crippen LogP contribution < -0.4 is 0 Å². The summed E-state index contributed by atoms with van der Waals surface area (Å²) in [5.41, 5.74) is 5.07. The predicted octanol–water partition coefficient (Wildman–Crippen LogP) is 4.18. The van der Waals surface area contributed by atoms with Gasteiger partial charge in [-0.05, 0) is 41.8 Å². The molecule has 0 aliphatic carbocycles. The molecule has 190 valence electrons. The van der Waals surface area contributed by atoms with Crippen molar-refractivity contribution in [1.82, 2.24) is 22.6 Å². The van der Waals surface area contributed by atoms with E-state index < -0.39 is 18.5 Å². The zero-order chi connectivity index (χ0) is 25.6. The fraction of sp³-hybridized carbons (Fsp3) is 0.500. The molecule has 0 bridgehead atoms. The minimum absolute atomic E-state index is 0.102. The Hall–Kier alpha value is -2.31. The second-order valence-electron chi connectivity index (χ2n) is 10.6. The van der Waals surface area contributed by atoms with Crippen LogP contribution in [0.15, 0.2) is 37.1 Å². The van der Waals surface area contributed by atoms with Gasteiger partial charge in [-0.25, -0.2) is 13.9 Å². The first-order valence-electron chi connectivity index (χ1n) is 11.7. The van der Waals surface area contributed by atoms with Gasteiger partial charge in [-0.15, -0.1) is 0 Å². The van der Waals surface area contributed by atoms with Gasteiger partial charge in [0.2, 0.25) is 0 Å². The number of imidazole rings is 2. The number of fused-ring (bicyclic) bond motifs is 1. The second-order valence-corrected chi connectivity index (χ2v) is 17.4. The highest BCUT2D eigenvalue weighted by molar-refractivity contribution is 7.87. The molecular formula is C24H35N5O4SSi. The Morgan fingerprint density at radius 2 is 1.94 bits per heavy atom. The highest BCUT2D eigenvalue weighted by atomic mass is 32.2. The number of nitrogens with zero attached hydrogens (tertiary/aromatic N) is 5. The van der Waals surface area contributed by atoms with Crippen molar-refractivity contribution in [1.29, 1.82) is 0 Å². The highest BCUT2D eigenvalue weighted by Crippen LogP contribution is 2.37. The molecule has 0 N–H and O–H groups in total. The minimum Gasteiger partial charge on any atom is -0.411 e. The molecule has 4 heterocycles. The quantitative estimate of drug-likeness (QED) is 0.437. The van der Waals surface area contributed by atoms with Crippen molar-refractivity contribution in [2.45, 2.75) is 51.9 Å². The van der Waals surface area contributed by atoms with Crippen LogP contribution in [0.5, 0.6) is 0 Å². The topological polar surface area (TPSA) is 91.0 Å². The summed E-state index contributed by atoms with van der Waals surface area (Å²) >= 11 is 0. The average Bonchev–Trinajstić information content (AvgIpc) is 3.44. The van der Waals surface area contributed by atoms with Gasteiger partial charge in [-0.2, -0.15) is 12.7 Å². The Morgan fingerprint density at radius 1 is 1.20 bits per heavy atom. The van der Waals surface area contributed by atoms with E-state index in [0.717, 1.165) is 31.5 Å². The van der Waals surface area contributed by atoms with Crippen molar-refractivity contribution in [3.63, 3.8) is 0 Å². The average molecular weight is 518 g/mol. The van der Waals surface area contributed by atoms with Gasteiger partial charge in [0.1, 0.15) is 12.0 Å². The number of aromatic nitrogens is 4. The lowest BCUT2D eigenvalue weighted by Gasteiger charge is -2.35. The largest absolute Gasteiger partial charge is 0.411 e. The van der Waals surface area contributed by atoms with Crippen molar-refractivity contribution in [2.24, 2.45) is 0 Å². The van der Waals surface area contributed by atoms with E-state index in [0.29, 0.717) is 31.2 Å². The molecule has 0 radical (unpaired) electrons. The van der Waals surface area contributed by atoms with Crippen LogP contribution in [0.4, 0.5) is 0 Å². The van der Waals surface area contributed by atoms with Crippen LogP contribution in [0, 0.1) is 0 Å². The highest BCUT2D eigenvalue weighted by Gasteiger charge is 2.37. The SMILES string of the molecule is CN(C)S(=O)(=O)n1cnc(-c2cc(C3=CCOCC3)cn3cc(CO[Si](C)(C)C(C)(C)C)nc23)c1. The van der Waals surface area contributed by atoms with Gasteiger partial charge in [0.25, 0.3) is 0 Å². The number of pyridine rings is 1. The molecule has 1 aliphatic heterocycles. The van der Waals surface area contributed by atoms with E-state index in [1.807, 2.05) is 16.7 Å². The predicted molar refractivity (Wildman–Crippen MR) is 140 cm³/mol. The first-order chi connectivity index (χ1) is 16.3. The molecule has 0 saturated carbocycles. The van der Waals surface area contributed by atoms with E-state index in [-0.39, 0.29) is 5.04 Å². The molecule has 0 atom stereocenters. The molecule has 0 fully saturated rings. The molecule has 3 aromatic heterocycles. The van der Waals surface area contributed by atoms with Crippen LogP contribution in [0.25, 0.3) is 22.5 Å². The fourth-order valence-corrected chi connectivity index (χ4v) is 5.32. The van der Waals surface area contributed by atoms with Gasteiger partial charge in [-0.3, -0.25) is 0 Å². The lowest BCUT2D eigenvalue weighted by Crippen LogP contribution is -2.40. The molecular weight excluding hydrogens is 482 g/mol. The van der Waals surface area contributed by atoms with Gasteiger partial charge >= 0.3 is 10.2 Å². The van der Waals surface area contributed by atoms with Crippen molar-refractivity contribution in [3.8, 4) is 11.3 Å². The third-order valence-electron chi connectivity index (χ3n) is 6.89. The lowest BCUT2D eigenvalue weighted by molar-refractivity contribution is 0.161. The summed E-state index contributed by atoms with van der Waals surface area (Å²) in [6, 6.07) is 2.03. The zero-order valence-electron chi connectivity index (χ0n) is 21.6. The van der Waals surface area contributed by atoms with Gasteiger partial charge < -0.3 is 13.6 Å². The Balaban J connectivity index is 1.79. The van der Waals surface area contributed by atoms with Crippen LogP contribution in [-0.4, -0.2) is 66.7 Å². The van der Waals surface area contributed by atoms with Crippen LogP contribution in [0.3, 0.4) is 0 Å². The Labute approximate surface area is 208 Å². The number of hydrogen-bond acceptors (Lipinski definition) is 6. The molecule has 9 nitrogen and oxygen atoms in total. The van der Waals surface area contributed by atoms with Crippen LogP contribution in [0.1, 0.15) is 38.4 Å². The molecule has 0 saturated heterocycles. The first kappa shape index (κ1) is 25.8. The molecule has 11 heteroatoms. The number of rotatable bonds is 7. The van der Waals surface area contributed by atoms with Crippen molar-refractivity contribution >= 4 is 29.7 Å². The summed E-state index contributed by atoms with van der Waals surface area (Å²) in [6.45, 7) is 12.8. The summed E-state index contributed by atoms with van der Waals surface area (Å²) in [5, 5.41) is 0.102. The molecule has 0 aromatic carbocycles. The first-order valence-corrected chi connectivity index (χ1v) is 16.0. The van der Waals surface area contributed by atoms with E-state index in [4.69, 9.17) is 14.1 Å². The van der Waals surface area contributed by atoms with Gasteiger partial charge in [0.05, 0.1) is 31.2 Å². The number of hydrogen-bond donors (Lipinski definition) is 0. The maximum Gasteiger partial charge on any atom is 0.308 e. The van der Waals surface area contributed by atoms with Crippen molar-refractivity contribution in [3.05, 3.63) is 48.3 Å². The molecule has 4 rings (SSSR count). The van der Waals surface area contributed by atoms with E-state index in [9.17, 15) is 8.42 Å². The standard InChI is InChI=1S/C24H35N5O4SSi/c1-24(2,3)35(6,7)33-16-20-14-28-13-19(18-8-10-32-11-9-18)12-21(23(28)26-20)22-15-29(17-25-22)34(30,31)27(4)5/h8,12-15,17H,9-11,16H2,1-7H3. The molecule has 3 aromatic rings. The summed E-state index contributed by atoms with van der Waals surface area (Å²) < 4.78 is 41.4. The zero-order valence-corrected chi connectivity index (χ0v) is 23.4. The fourth-order valence-electron chi connectivity index (χ4n) is 3.60. The van der Waals surface area contributed by atoms with Crippen molar-refractivity contribution < 1.29 is 17.6 Å². The normalized spacial score (nSPS) is 15.7. The number of ether oxygens (including phenoxy) is 1. The minimum atomic E-state index is -3.66. The second kappa shape index (κ2) is 9.29. The van der Waals surface area contributed by atoms with Gasteiger partial charge in [0, 0.05) is 38.2 Å². The van der Waals surface area contributed by atoms with E-state index in [2.05, 4.69) is 51.1 Å².